The van der Waals surface area contributed by atoms with Gasteiger partial charge in [0.25, 0.3) is 5.91 Å². The van der Waals surface area contributed by atoms with E-state index in [1.54, 1.807) is 0 Å². The lowest BCUT2D eigenvalue weighted by Crippen LogP contribution is -2.37. The molecule has 0 bridgehead atoms. The molecule has 5 nitrogen and oxygen atoms in total. The fourth-order valence-electron chi connectivity index (χ4n) is 3.27. The molecule has 28 heavy (non-hydrogen) atoms. The minimum Gasteiger partial charge on any atom is -0.353 e. The van der Waals surface area contributed by atoms with Crippen molar-refractivity contribution in [2.75, 3.05) is 18.0 Å². The number of carbonyl (C=O) groups excluding carboxylic acids is 1. The number of nitrogens with zero attached hydrogens (tertiary/aromatic N) is 2. The summed E-state index contributed by atoms with van der Waals surface area (Å²) in [6.45, 7) is 1.27. The lowest BCUT2D eigenvalue weighted by atomic mass is 10.1. The number of amides is 1. The van der Waals surface area contributed by atoms with Gasteiger partial charge in [0.2, 0.25) is 0 Å². The number of nitrogens with one attached hydrogen (secondary N) is 2. The largest absolute Gasteiger partial charge is 0.353 e. The van der Waals surface area contributed by atoms with Crippen molar-refractivity contribution in [3.8, 4) is 11.3 Å². The van der Waals surface area contributed by atoms with Crippen LogP contribution in [0.1, 0.15) is 16.8 Å². The second-order valence-corrected chi connectivity index (χ2v) is 7.11. The van der Waals surface area contributed by atoms with Gasteiger partial charge in [-0.05, 0) is 36.2 Å². The first kappa shape index (κ1) is 18.4. The number of anilines is 1. The maximum absolute atomic E-state index is 13.8. The number of benzene rings is 2. The van der Waals surface area contributed by atoms with Gasteiger partial charge >= 0.3 is 0 Å². The van der Waals surface area contributed by atoms with E-state index in [-0.39, 0.29) is 11.6 Å². The summed E-state index contributed by atoms with van der Waals surface area (Å²) < 4.78 is 26.8. The van der Waals surface area contributed by atoms with Crippen molar-refractivity contribution in [1.82, 2.24) is 15.5 Å². The van der Waals surface area contributed by atoms with Crippen molar-refractivity contribution >= 4 is 23.3 Å². The minimum atomic E-state index is -0.868. The Labute approximate surface area is 165 Å². The summed E-state index contributed by atoms with van der Waals surface area (Å²) in [4.78, 5) is 14.3. The monoisotopic (exact) mass is 402 g/mol. The average Bonchev–Trinajstić information content (AvgIpc) is 3.31. The molecule has 1 aliphatic heterocycles. The molecule has 2 aromatic carbocycles. The van der Waals surface area contributed by atoms with Crippen LogP contribution in [-0.2, 0) is 0 Å². The molecular weight excluding hydrogens is 386 g/mol. The molecule has 3 aromatic rings. The molecule has 1 aliphatic rings. The van der Waals surface area contributed by atoms with Gasteiger partial charge in [0.1, 0.15) is 11.6 Å². The standard InChI is InChI=1S/C20H17ClF2N4O/c21-13-3-1-12(2-4-13)18-10-19(26-25-18)27-8-7-15(11-27)24-20(28)16-6-5-14(22)9-17(16)23/h1-6,9-10,15H,7-8,11H2,(H,24,28)(H,25,26). The number of aromatic amines is 1. The van der Waals surface area contributed by atoms with Crippen molar-refractivity contribution in [3.05, 3.63) is 70.8 Å². The van der Waals surface area contributed by atoms with E-state index in [9.17, 15) is 13.6 Å². The van der Waals surface area contributed by atoms with Crippen molar-refractivity contribution in [1.29, 1.82) is 0 Å². The number of carbonyl (C=O) groups is 1. The van der Waals surface area contributed by atoms with E-state index in [1.807, 2.05) is 35.2 Å². The fraction of sp³-hybridized carbons (Fsp3) is 0.200. The number of aromatic nitrogens is 2. The maximum Gasteiger partial charge on any atom is 0.254 e. The smallest absolute Gasteiger partial charge is 0.254 e. The van der Waals surface area contributed by atoms with Crippen LogP contribution in [0, 0.1) is 11.6 Å². The Morgan fingerprint density at radius 2 is 1.96 bits per heavy atom. The van der Waals surface area contributed by atoms with Crippen LogP contribution in [0.25, 0.3) is 11.3 Å². The molecule has 1 fully saturated rings. The van der Waals surface area contributed by atoms with Crippen molar-refractivity contribution < 1.29 is 13.6 Å². The average molecular weight is 403 g/mol. The van der Waals surface area contributed by atoms with E-state index in [2.05, 4.69) is 15.5 Å². The van der Waals surface area contributed by atoms with Crippen LogP contribution in [0.3, 0.4) is 0 Å². The number of halogens is 3. The molecule has 144 valence electrons. The zero-order chi connectivity index (χ0) is 19.7. The lowest BCUT2D eigenvalue weighted by Gasteiger charge is -2.16. The second-order valence-electron chi connectivity index (χ2n) is 6.68. The van der Waals surface area contributed by atoms with E-state index in [4.69, 9.17) is 11.6 Å². The van der Waals surface area contributed by atoms with E-state index in [0.717, 1.165) is 29.2 Å². The van der Waals surface area contributed by atoms with Gasteiger partial charge in [0.15, 0.2) is 5.82 Å². The third kappa shape index (κ3) is 3.84. The maximum atomic E-state index is 13.8. The molecule has 8 heteroatoms. The topological polar surface area (TPSA) is 61.0 Å². The van der Waals surface area contributed by atoms with Crippen LogP contribution in [0.15, 0.2) is 48.5 Å². The molecule has 4 rings (SSSR count). The summed E-state index contributed by atoms with van der Waals surface area (Å²) in [5.74, 6) is -1.36. The third-order valence-electron chi connectivity index (χ3n) is 4.74. The molecule has 0 aliphatic carbocycles. The SMILES string of the molecule is O=C(NC1CCN(c2cc(-c3ccc(Cl)cc3)[nH]n2)C1)c1ccc(F)cc1F. The molecule has 1 saturated heterocycles. The van der Waals surface area contributed by atoms with Crippen molar-refractivity contribution in [2.45, 2.75) is 12.5 Å². The van der Waals surface area contributed by atoms with Crippen LogP contribution in [0.5, 0.6) is 0 Å². The summed E-state index contributed by atoms with van der Waals surface area (Å²) >= 11 is 5.92. The summed E-state index contributed by atoms with van der Waals surface area (Å²) in [7, 11) is 0. The van der Waals surface area contributed by atoms with Gasteiger partial charge in [0, 0.05) is 36.3 Å². The van der Waals surface area contributed by atoms with E-state index in [1.165, 1.54) is 0 Å². The predicted octanol–water partition coefficient (Wildman–Crippen LogP) is 4.02. The van der Waals surface area contributed by atoms with Crippen LogP contribution in [0.4, 0.5) is 14.6 Å². The quantitative estimate of drug-likeness (QED) is 0.693. The summed E-state index contributed by atoms with van der Waals surface area (Å²) in [6.07, 6.45) is 0.706. The molecule has 1 amide bonds. The molecule has 2 N–H and O–H groups in total. The normalized spacial score (nSPS) is 16.4. The molecule has 0 spiro atoms. The second kappa shape index (κ2) is 7.59. The van der Waals surface area contributed by atoms with Gasteiger partial charge in [0.05, 0.1) is 11.3 Å². The van der Waals surface area contributed by atoms with Gasteiger partial charge in [-0.1, -0.05) is 23.7 Å². The van der Waals surface area contributed by atoms with Gasteiger partial charge in [-0.25, -0.2) is 8.78 Å². The fourth-order valence-corrected chi connectivity index (χ4v) is 3.40. The summed E-state index contributed by atoms with van der Waals surface area (Å²) in [6, 6.07) is 12.2. The Morgan fingerprint density at radius 1 is 1.18 bits per heavy atom. The third-order valence-corrected chi connectivity index (χ3v) is 4.99. The predicted molar refractivity (Wildman–Crippen MR) is 103 cm³/mol. The lowest BCUT2D eigenvalue weighted by molar-refractivity contribution is 0.0936. The first-order chi connectivity index (χ1) is 13.5. The number of rotatable bonds is 4. The number of hydrogen-bond acceptors (Lipinski definition) is 3. The van der Waals surface area contributed by atoms with Gasteiger partial charge in [-0.3, -0.25) is 9.89 Å². The highest BCUT2D eigenvalue weighted by Gasteiger charge is 2.26. The van der Waals surface area contributed by atoms with Crippen LogP contribution in [0.2, 0.25) is 5.02 Å². The highest BCUT2D eigenvalue weighted by Crippen LogP contribution is 2.25. The van der Waals surface area contributed by atoms with E-state index >= 15 is 0 Å². The molecule has 1 atom stereocenters. The van der Waals surface area contributed by atoms with Crippen molar-refractivity contribution in [2.24, 2.45) is 0 Å². The van der Waals surface area contributed by atoms with Gasteiger partial charge < -0.3 is 10.2 Å². The molecule has 1 aromatic heterocycles. The Kier molecular flexibility index (Phi) is 5.00. The zero-order valence-corrected chi connectivity index (χ0v) is 15.5. The summed E-state index contributed by atoms with van der Waals surface area (Å²) in [5.41, 5.74) is 1.68. The Morgan fingerprint density at radius 3 is 2.71 bits per heavy atom. The Bertz CT molecular complexity index is 1010. The zero-order valence-electron chi connectivity index (χ0n) is 14.8. The molecule has 0 saturated carbocycles. The summed E-state index contributed by atoms with van der Waals surface area (Å²) in [5, 5.41) is 10.8. The number of hydrogen-bond donors (Lipinski definition) is 2. The molecule has 2 heterocycles. The van der Waals surface area contributed by atoms with Gasteiger partial charge in [-0.2, -0.15) is 5.10 Å². The van der Waals surface area contributed by atoms with Crippen molar-refractivity contribution in [3.63, 3.8) is 0 Å². The molecule has 1 unspecified atom stereocenters. The minimum absolute atomic E-state index is 0.146. The highest BCUT2D eigenvalue weighted by atomic mass is 35.5. The Balaban J connectivity index is 1.40. The van der Waals surface area contributed by atoms with Crippen LogP contribution < -0.4 is 10.2 Å². The first-order valence-corrected chi connectivity index (χ1v) is 9.19. The highest BCUT2D eigenvalue weighted by molar-refractivity contribution is 6.30. The van der Waals surface area contributed by atoms with E-state index in [0.29, 0.717) is 30.6 Å². The first-order valence-electron chi connectivity index (χ1n) is 8.82. The Hall–Kier alpha value is -2.93. The van der Waals surface area contributed by atoms with Crippen LogP contribution in [-0.4, -0.2) is 35.2 Å². The van der Waals surface area contributed by atoms with Crippen LogP contribution >= 0.6 is 11.6 Å². The number of H-pyrrole nitrogens is 1. The molecular formula is C20H17ClF2N4O. The van der Waals surface area contributed by atoms with E-state index < -0.39 is 17.5 Å². The van der Waals surface area contributed by atoms with Gasteiger partial charge in [-0.15, -0.1) is 0 Å². The molecule has 0 radical (unpaired) electrons.